The predicted octanol–water partition coefficient (Wildman–Crippen LogP) is 3.35. The molecule has 0 aliphatic carbocycles. The van der Waals surface area contributed by atoms with E-state index in [0.29, 0.717) is 31.0 Å². The van der Waals surface area contributed by atoms with Crippen molar-refractivity contribution >= 4 is 17.6 Å². The standard InChI is InChI=1S/C23H28N4O3/c1-4-20(28)26-12-6-5-7-19(26)22-24-15(2)18-13-21(29)27(23(18)25-22)14-16-8-10-17(30-3)11-9-16/h8-11,19H,4-7,12-14H2,1-3H3. The number of piperidine rings is 1. The molecular weight excluding hydrogens is 380 g/mol. The van der Waals surface area contributed by atoms with Crippen LogP contribution in [0.1, 0.15) is 61.3 Å². The maximum atomic E-state index is 12.8. The normalized spacial score (nSPS) is 18.5. The molecule has 2 aliphatic heterocycles. The Bertz CT molecular complexity index is 958. The molecule has 0 spiro atoms. The number of amides is 2. The zero-order valence-electron chi connectivity index (χ0n) is 17.9. The lowest BCUT2D eigenvalue weighted by Gasteiger charge is -2.35. The Morgan fingerprint density at radius 1 is 1.20 bits per heavy atom. The molecule has 0 radical (unpaired) electrons. The van der Waals surface area contributed by atoms with Crippen molar-refractivity contribution in [3.8, 4) is 5.75 Å². The van der Waals surface area contributed by atoms with E-state index < -0.39 is 0 Å². The summed E-state index contributed by atoms with van der Waals surface area (Å²) in [6.07, 6.45) is 3.71. The van der Waals surface area contributed by atoms with Gasteiger partial charge in [0.2, 0.25) is 11.8 Å². The van der Waals surface area contributed by atoms with Crippen molar-refractivity contribution in [2.24, 2.45) is 0 Å². The second-order valence-corrected chi connectivity index (χ2v) is 7.93. The fourth-order valence-corrected chi connectivity index (χ4v) is 4.32. The van der Waals surface area contributed by atoms with Crippen molar-refractivity contribution in [3.05, 3.63) is 46.9 Å². The number of aryl methyl sites for hydroxylation is 1. The molecule has 1 fully saturated rings. The topological polar surface area (TPSA) is 75.6 Å². The predicted molar refractivity (Wildman–Crippen MR) is 113 cm³/mol. The van der Waals surface area contributed by atoms with E-state index in [2.05, 4.69) is 0 Å². The van der Waals surface area contributed by atoms with Crippen LogP contribution in [0.25, 0.3) is 0 Å². The maximum absolute atomic E-state index is 12.8. The third kappa shape index (κ3) is 3.76. The Morgan fingerprint density at radius 2 is 1.97 bits per heavy atom. The lowest BCUT2D eigenvalue weighted by atomic mass is 10.0. The third-order valence-electron chi connectivity index (χ3n) is 6.02. The Morgan fingerprint density at radius 3 is 2.67 bits per heavy atom. The highest BCUT2D eigenvalue weighted by Crippen LogP contribution is 2.35. The Labute approximate surface area is 177 Å². The summed E-state index contributed by atoms with van der Waals surface area (Å²) < 4.78 is 5.22. The van der Waals surface area contributed by atoms with Crippen LogP contribution in [0.2, 0.25) is 0 Å². The number of likely N-dealkylation sites (tertiary alicyclic amines) is 1. The highest BCUT2D eigenvalue weighted by molar-refractivity contribution is 6.00. The van der Waals surface area contributed by atoms with E-state index in [9.17, 15) is 9.59 Å². The largest absolute Gasteiger partial charge is 0.497 e. The molecule has 3 heterocycles. The van der Waals surface area contributed by atoms with Gasteiger partial charge in [-0.3, -0.25) is 14.5 Å². The highest BCUT2D eigenvalue weighted by atomic mass is 16.5. The minimum atomic E-state index is -0.117. The first kappa shape index (κ1) is 20.3. The molecule has 2 amide bonds. The third-order valence-corrected chi connectivity index (χ3v) is 6.02. The number of hydrogen-bond donors (Lipinski definition) is 0. The maximum Gasteiger partial charge on any atom is 0.233 e. The lowest BCUT2D eigenvalue weighted by molar-refractivity contribution is -0.135. The van der Waals surface area contributed by atoms with Gasteiger partial charge in [-0.05, 0) is 43.9 Å². The second-order valence-electron chi connectivity index (χ2n) is 7.93. The van der Waals surface area contributed by atoms with Gasteiger partial charge < -0.3 is 9.64 Å². The summed E-state index contributed by atoms with van der Waals surface area (Å²) in [5.41, 5.74) is 2.73. The van der Waals surface area contributed by atoms with Gasteiger partial charge >= 0.3 is 0 Å². The molecule has 0 N–H and O–H groups in total. The van der Waals surface area contributed by atoms with Crippen molar-refractivity contribution in [1.29, 1.82) is 0 Å². The average Bonchev–Trinajstić information content (AvgIpc) is 3.09. The Balaban J connectivity index is 1.66. The van der Waals surface area contributed by atoms with Gasteiger partial charge in [0.15, 0.2) is 5.82 Å². The number of fused-ring (bicyclic) bond motifs is 1. The highest BCUT2D eigenvalue weighted by Gasteiger charge is 2.35. The van der Waals surface area contributed by atoms with Gasteiger partial charge in [-0.15, -0.1) is 0 Å². The van der Waals surface area contributed by atoms with E-state index in [-0.39, 0.29) is 17.9 Å². The Hall–Kier alpha value is -2.96. The van der Waals surface area contributed by atoms with Gasteiger partial charge in [0.25, 0.3) is 0 Å². The van der Waals surface area contributed by atoms with Crippen molar-refractivity contribution in [3.63, 3.8) is 0 Å². The molecule has 4 rings (SSSR count). The molecule has 1 unspecified atom stereocenters. The fourth-order valence-electron chi connectivity index (χ4n) is 4.32. The molecular formula is C23H28N4O3. The summed E-state index contributed by atoms with van der Waals surface area (Å²) in [5.74, 6) is 2.29. The summed E-state index contributed by atoms with van der Waals surface area (Å²) in [5, 5.41) is 0. The van der Waals surface area contributed by atoms with Gasteiger partial charge in [0, 0.05) is 24.2 Å². The van der Waals surface area contributed by atoms with Crippen LogP contribution in [0.3, 0.4) is 0 Å². The second kappa shape index (κ2) is 8.42. The first-order valence-electron chi connectivity index (χ1n) is 10.6. The van der Waals surface area contributed by atoms with E-state index in [0.717, 1.165) is 48.4 Å². The molecule has 2 aliphatic rings. The Kier molecular flexibility index (Phi) is 5.70. The van der Waals surface area contributed by atoms with E-state index >= 15 is 0 Å². The fraction of sp³-hybridized carbons (Fsp3) is 0.478. The summed E-state index contributed by atoms with van der Waals surface area (Å²) in [7, 11) is 1.63. The number of nitrogens with zero attached hydrogens (tertiary/aromatic N) is 4. The molecule has 0 saturated carbocycles. The molecule has 30 heavy (non-hydrogen) atoms. The molecule has 158 valence electrons. The van der Waals surface area contributed by atoms with Crippen LogP contribution < -0.4 is 9.64 Å². The van der Waals surface area contributed by atoms with Crippen LogP contribution in [0.15, 0.2) is 24.3 Å². The van der Waals surface area contributed by atoms with Crippen LogP contribution in [0.4, 0.5) is 5.82 Å². The van der Waals surface area contributed by atoms with Crippen LogP contribution in [-0.2, 0) is 22.6 Å². The number of carbonyl (C=O) groups is 2. The zero-order chi connectivity index (χ0) is 21.3. The molecule has 1 atom stereocenters. The van der Waals surface area contributed by atoms with E-state index in [1.165, 1.54) is 0 Å². The molecule has 7 nitrogen and oxygen atoms in total. The molecule has 1 aromatic carbocycles. The number of ether oxygens (including phenoxy) is 1. The minimum absolute atomic E-state index is 0.0282. The van der Waals surface area contributed by atoms with Crippen molar-refractivity contribution in [2.45, 2.75) is 58.5 Å². The van der Waals surface area contributed by atoms with Crippen LogP contribution in [0.5, 0.6) is 5.75 Å². The minimum Gasteiger partial charge on any atom is -0.497 e. The first-order chi connectivity index (χ1) is 14.5. The molecule has 1 aromatic heterocycles. The molecule has 7 heteroatoms. The summed E-state index contributed by atoms with van der Waals surface area (Å²) in [6, 6.07) is 7.59. The number of methoxy groups -OCH3 is 1. The summed E-state index contributed by atoms with van der Waals surface area (Å²) in [4.78, 5) is 38.5. The van der Waals surface area contributed by atoms with Gasteiger partial charge in [-0.25, -0.2) is 9.97 Å². The SMILES string of the molecule is CCC(=O)N1CCCCC1c1nc(C)c2c(n1)N(Cc1ccc(OC)cc1)C(=O)C2. The number of anilines is 1. The van der Waals surface area contributed by atoms with Gasteiger partial charge in [-0.1, -0.05) is 19.1 Å². The summed E-state index contributed by atoms with van der Waals surface area (Å²) >= 11 is 0. The average molecular weight is 409 g/mol. The van der Waals surface area contributed by atoms with Crippen LogP contribution in [-0.4, -0.2) is 40.3 Å². The van der Waals surface area contributed by atoms with E-state index in [4.69, 9.17) is 14.7 Å². The number of benzene rings is 1. The molecule has 1 saturated heterocycles. The van der Waals surface area contributed by atoms with Gasteiger partial charge in [0.1, 0.15) is 11.6 Å². The van der Waals surface area contributed by atoms with Crippen molar-refractivity contribution in [1.82, 2.24) is 14.9 Å². The van der Waals surface area contributed by atoms with Crippen molar-refractivity contribution < 1.29 is 14.3 Å². The van der Waals surface area contributed by atoms with Crippen LogP contribution >= 0.6 is 0 Å². The van der Waals surface area contributed by atoms with Gasteiger partial charge in [0.05, 0.1) is 26.1 Å². The van der Waals surface area contributed by atoms with E-state index in [1.807, 2.05) is 43.0 Å². The number of hydrogen-bond acceptors (Lipinski definition) is 5. The smallest absolute Gasteiger partial charge is 0.233 e. The zero-order valence-corrected chi connectivity index (χ0v) is 17.9. The number of rotatable bonds is 5. The number of aromatic nitrogens is 2. The monoisotopic (exact) mass is 408 g/mol. The summed E-state index contributed by atoms with van der Waals surface area (Å²) in [6.45, 7) is 5.01. The number of carbonyl (C=O) groups excluding carboxylic acids is 2. The van der Waals surface area contributed by atoms with E-state index in [1.54, 1.807) is 12.0 Å². The van der Waals surface area contributed by atoms with Gasteiger partial charge in [-0.2, -0.15) is 0 Å². The molecule has 2 aromatic rings. The molecule has 0 bridgehead atoms. The first-order valence-corrected chi connectivity index (χ1v) is 10.6. The van der Waals surface area contributed by atoms with Crippen molar-refractivity contribution in [2.75, 3.05) is 18.6 Å². The lowest BCUT2D eigenvalue weighted by Crippen LogP contribution is -2.39. The quantitative estimate of drug-likeness (QED) is 0.758. The van der Waals surface area contributed by atoms with Crippen LogP contribution in [0, 0.1) is 6.92 Å².